The second-order valence-corrected chi connectivity index (χ2v) is 3.69. The molecule has 0 radical (unpaired) electrons. The maximum Gasteiger partial charge on any atom is 0.0729 e. The summed E-state index contributed by atoms with van der Waals surface area (Å²) in [7, 11) is 0. The van der Waals surface area contributed by atoms with E-state index in [2.05, 4.69) is 26.2 Å². The van der Waals surface area contributed by atoms with Crippen LogP contribution in [0.5, 0.6) is 0 Å². The monoisotopic (exact) mass is 228 g/mol. The number of pyridine rings is 1. The molecular weight excluding hydrogens is 220 g/mol. The van der Waals surface area contributed by atoms with Crippen molar-refractivity contribution in [1.29, 1.82) is 0 Å². The molecule has 1 aliphatic rings. The molecule has 1 aliphatic heterocycles. The lowest BCUT2D eigenvalue weighted by Crippen LogP contribution is -2.40. The van der Waals surface area contributed by atoms with E-state index in [1.807, 2.05) is 12.3 Å². The minimum Gasteiger partial charge on any atom is -0.377 e. The van der Waals surface area contributed by atoms with E-state index in [0.29, 0.717) is 6.04 Å². The van der Waals surface area contributed by atoms with E-state index in [0.717, 1.165) is 23.4 Å². The Morgan fingerprint density at radius 1 is 1.50 bits per heavy atom. The summed E-state index contributed by atoms with van der Waals surface area (Å²) in [5.41, 5.74) is 1.04. The Labute approximate surface area is 79.3 Å². The number of aromatic nitrogens is 1. The highest BCUT2D eigenvalue weighted by atomic mass is 79.9. The van der Waals surface area contributed by atoms with Gasteiger partial charge in [0.1, 0.15) is 0 Å². The van der Waals surface area contributed by atoms with Crippen molar-refractivity contribution in [1.82, 2.24) is 4.98 Å². The molecule has 3 nitrogen and oxygen atoms in total. The summed E-state index contributed by atoms with van der Waals surface area (Å²) in [5, 5.41) is 3.30. The number of hydrogen-bond acceptors (Lipinski definition) is 3. The van der Waals surface area contributed by atoms with Gasteiger partial charge in [-0.25, -0.2) is 0 Å². The van der Waals surface area contributed by atoms with E-state index in [-0.39, 0.29) is 0 Å². The Hall–Kier alpha value is -0.610. The lowest BCUT2D eigenvalue weighted by molar-refractivity contribution is 0.0211. The number of ether oxygens (including phenoxy) is 1. The Morgan fingerprint density at radius 3 is 2.92 bits per heavy atom. The molecule has 12 heavy (non-hydrogen) atoms. The lowest BCUT2D eigenvalue weighted by Gasteiger charge is -2.27. The van der Waals surface area contributed by atoms with Gasteiger partial charge < -0.3 is 10.1 Å². The number of anilines is 1. The molecule has 0 amide bonds. The highest BCUT2D eigenvalue weighted by Crippen LogP contribution is 2.16. The van der Waals surface area contributed by atoms with Crippen molar-refractivity contribution in [3.8, 4) is 0 Å². The molecule has 2 rings (SSSR count). The van der Waals surface area contributed by atoms with Gasteiger partial charge in [-0.1, -0.05) is 0 Å². The molecule has 1 fully saturated rings. The summed E-state index contributed by atoms with van der Waals surface area (Å²) in [6, 6.07) is 2.46. The molecule has 1 aromatic rings. The zero-order valence-corrected chi connectivity index (χ0v) is 8.04. The molecule has 4 heteroatoms. The fourth-order valence-electron chi connectivity index (χ4n) is 1.05. The quantitative estimate of drug-likeness (QED) is 0.837. The van der Waals surface area contributed by atoms with Crippen molar-refractivity contribution in [3.05, 3.63) is 22.9 Å². The summed E-state index contributed by atoms with van der Waals surface area (Å²) in [5.74, 6) is 0. The molecule has 0 unspecified atom stereocenters. The summed E-state index contributed by atoms with van der Waals surface area (Å²) >= 11 is 3.36. The fraction of sp³-hybridized carbons (Fsp3) is 0.375. The third-order valence-corrected chi connectivity index (χ3v) is 2.15. The van der Waals surface area contributed by atoms with E-state index in [9.17, 15) is 0 Å². The van der Waals surface area contributed by atoms with E-state index >= 15 is 0 Å². The SMILES string of the molecule is Brc1cncc(NC2COC2)c1. The van der Waals surface area contributed by atoms with Crippen LogP contribution in [-0.4, -0.2) is 24.2 Å². The first-order valence-corrected chi connectivity index (χ1v) is 4.59. The first kappa shape index (κ1) is 8.01. The maximum absolute atomic E-state index is 5.04. The largest absolute Gasteiger partial charge is 0.377 e. The van der Waals surface area contributed by atoms with Crippen LogP contribution in [0, 0.1) is 0 Å². The van der Waals surface area contributed by atoms with Crippen LogP contribution in [0.2, 0.25) is 0 Å². The van der Waals surface area contributed by atoms with Crippen molar-refractivity contribution in [2.45, 2.75) is 6.04 Å². The van der Waals surface area contributed by atoms with Crippen LogP contribution in [0.25, 0.3) is 0 Å². The third-order valence-electron chi connectivity index (χ3n) is 1.71. The van der Waals surface area contributed by atoms with Gasteiger partial charge in [0.05, 0.1) is 31.1 Å². The summed E-state index contributed by atoms with van der Waals surface area (Å²) in [6.07, 6.45) is 3.57. The van der Waals surface area contributed by atoms with Crippen molar-refractivity contribution < 1.29 is 4.74 Å². The fourth-order valence-corrected chi connectivity index (χ4v) is 1.41. The van der Waals surface area contributed by atoms with Crippen LogP contribution in [0.1, 0.15) is 0 Å². The molecule has 2 heterocycles. The zero-order chi connectivity index (χ0) is 8.39. The summed E-state index contributed by atoms with van der Waals surface area (Å²) in [6.45, 7) is 1.60. The first-order valence-electron chi connectivity index (χ1n) is 3.79. The van der Waals surface area contributed by atoms with Crippen molar-refractivity contribution >= 4 is 21.6 Å². The highest BCUT2D eigenvalue weighted by Gasteiger charge is 2.17. The maximum atomic E-state index is 5.04. The van der Waals surface area contributed by atoms with Crippen molar-refractivity contribution in [3.63, 3.8) is 0 Å². The Morgan fingerprint density at radius 2 is 2.33 bits per heavy atom. The van der Waals surface area contributed by atoms with Crippen LogP contribution >= 0.6 is 15.9 Å². The van der Waals surface area contributed by atoms with Gasteiger partial charge in [0.25, 0.3) is 0 Å². The molecule has 1 aromatic heterocycles. The average molecular weight is 229 g/mol. The third kappa shape index (κ3) is 1.76. The predicted octanol–water partition coefficient (Wildman–Crippen LogP) is 1.65. The molecular formula is C8H9BrN2O. The van der Waals surface area contributed by atoms with Gasteiger partial charge in [0.2, 0.25) is 0 Å². The molecule has 0 saturated carbocycles. The topological polar surface area (TPSA) is 34.2 Å². The van der Waals surface area contributed by atoms with Crippen molar-refractivity contribution in [2.24, 2.45) is 0 Å². The number of nitrogens with one attached hydrogen (secondary N) is 1. The average Bonchev–Trinajstić information content (AvgIpc) is 1.97. The molecule has 0 bridgehead atoms. The molecule has 0 aliphatic carbocycles. The normalized spacial score (nSPS) is 17.1. The van der Waals surface area contributed by atoms with Crippen LogP contribution in [0.15, 0.2) is 22.9 Å². The van der Waals surface area contributed by atoms with Crippen LogP contribution in [0.3, 0.4) is 0 Å². The van der Waals surface area contributed by atoms with Crippen LogP contribution in [0.4, 0.5) is 5.69 Å². The van der Waals surface area contributed by atoms with E-state index in [4.69, 9.17) is 4.74 Å². The van der Waals surface area contributed by atoms with Gasteiger partial charge in [-0.05, 0) is 22.0 Å². The van der Waals surface area contributed by atoms with Crippen LogP contribution < -0.4 is 5.32 Å². The second-order valence-electron chi connectivity index (χ2n) is 2.77. The standard InChI is InChI=1S/C8H9BrN2O/c9-6-1-7(3-10-2-6)11-8-4-12-5-8/h1-3,8,11H,4-5H2. The molecule has 0 spiro atoms. The van der Waals surface area contributed by atoms with Crippen LogP contribution in [-0.2, 0) is 4.74 Å². The highest BCUT2D eigenvalue weighted by molar-refractivity contribution is 9.10. The number of nitrogens with zero attached hydrogens (tertiary/aromatic N) is 1. The van der Waals surface area contributed by atoms with Gasteiger partial charge in [0.15, 0.2) is 0 Å². The number of hydrogen-bond donors (Lipinski definition) is 1. The molecule has 64 valence electrons. The van der Waals surface area contributed by atoms with E-state index in [1.54, 1.807) is 6.20 Å². The molecule has 0 aromatic carbocycles. The summed E-state index contributed by atoms with van der Waals surface area (Å²) < 4.78 is 6.04. The molecule has 1 N–H and O–H groups in total. The first-order chi connectivity index (χ1) is 5.84. The number of halogens is 1. The Balaban J connectivity index is 2.02. The zero-order valence-electron chi connectivity index (χ0n) is 6.46. The smallest absolute Gasteiger partial charge is 0.0729 e. The molecule has 0 atom stereocenters. The number of rotatable bonds is 2. The van der Waals surface area contributed by atoms with Gasteiger partial charge in [-0.15, -0.1) is 0 Å². The van der Waals surface area contributed by atoms with Gasteiger partial charge in [0, 0.05) is 10.7 Å². The van der Waals surface area contributed by atoms with E-state index < -0.39 is 0 Å². The van der Waals surface area contributed by atoms with E-state index in [1.165, 1.54) is 0 Å². The lowest BCUT2D eigenvalue weighted by atomic mass is 10.2. The minimum absolute atomic E-state index is 0.459. The van der Waals surface area contributed by atoms with Gasteiger partial charge in [-0.3, -0.25) is 4.98 Å². The Bertz CT molecular complexity index is 276. The predicted molar refractivity (Wildman–Crippen MR) is 50.2 cm³/mol. The summed E-state index contributed by atoms with van der Waals surface area (Å²) in [4.78, 5) is 4.05. The molecule has 1 saturated heterocycles. The Kier molecular flexibility index (Phi) is 2.28. The minimum atomic E-state index is 0.459. The van der Waals surface area contributed by atoms with Gasteiger partial charge >= 0.3 is 0 Å². The van der Waals surface area contributed by atoms with Gasteiger partial charge in [-0.2, -0.15) is 0 Å². The van der Waals surface area contributed by atoms with Crippen molar-refractivity contribution in [2.75, 3.05) is 18.5 Å². The second kappa shape index (κ2) is 3.41.